The molecule has 1 aromatic carbocycles. The highest BCUT2D eigenvalue weighted by atomic mass is 35.5. The Hall–Kier alpha value is -4.70. The number of methoxy groups -OCH3 is 1. The van der Waals surface area contributed by atoms with E-state index in [2.05, 4.69) is 25.1 Å². The molecule has 0 fully saturated rings. The van der Waals surface area contributed by atoms with Crippen LogP contribution < -0.4 is 20.6 Å². The molecule has 0 atom stereocenters. The lowest BCUT2D eigenvalue weighted by molar-refractivity contribution is -0.142. The van der Waals surface area contributed by atoms with E-state index in [-0.39, 0.29) is 39.8 Å². The Kier molecular flexibility index (Phi) is 6.94. The van der Waals surface area contributed by atoms with Crippen LogP contribution in [0.4, 0.5) is 13.2 Å². The van der Waals surface area contributed by atoms with Crippen molar-refractivity contribution < 1.29 is 22.6 Å². The Balaban J connectivity index is 1.72. The number of aromatic nitrogens is 5. The van der Waals surface area contributed by atoms with Crippen LogP contribution in [0, 0.1) is 11.3 Å². The number of H-pyrrole nitrogens is 2. The fourth-order valence-electron chi connectivity index (χ4n) is 3.29. The number of hydrogen-bond acceptors (Lipinski definition) is 8. The van der Waals surface area contributed by atoms with Gasteiger partial charge in [-0.15, -0.1) is 0 Å². The van der Waals surface area contributed by atoms with Gasteiger partial charge in [-0.3, -0.25) is 14.6 Å². The maximum absolute atomic E-state index is 13.8. The van der Waals surface area contributed by atoms with Crippen LogP contribution in [0.25, 0.3) is 11.1 Å². The molecule has 14 heteroatoms. The van der Waals surface area contributed by atoms with Gasteiger partial charge in [0.25, 0.3) is 11.1 Å². The summed E-state index contributed by atoms with van der Waals surface area (Å²) in [7, 11) is 1.42. The number of nitriles is 1. The molecule has 188 valence electrons. The standard InChI is InChI=1S/C23H14ClF3N6O4/c1-36-16-4-12(9-29-10-16)17-6-14(32-33-21(17)34)7-18-30-20(23(25,26)27)19(22(35)31-18)37-15-3-11(8-28)2-13(24)5-15/h2-6,9-10H,7H2,1H3,(H,33,34)(H,30,31,35). The second kappa shape index (κ2) is 10.1. The van der Waals surface area contributed by atoms with Crippen molar-refractivity contribution in [3.8, 4) is 34.4 Å². The molecule has 0 aliphatic heterocycles. The molecule has 0 saturated carbocycles. The molecule has 0 unspecified atom stereocenters. The molecule has 0 radical (unpaired) electrons. The summed E-state index contributed by atoms with van der Waals surface area (Å²) in [5, 5.41) is 15.2. The average molecular weight is 531 g/mol. The largest absolute Gasteiger partial charge is 0.495 e. The predicted octanol–water partition coefficient (Wildman–Crippen LogP) is 3.85. The van der Waals surface area contributed by atoms with E-state index in [0.29, 0.717) is 11.3 Å². The second-order valence-corrected chi connectivity index (χ2v) is 7.91. The summed E-state index contributed by atoms with van der Waals surface area (Å²) >= 11 is 5.87. The third kappa shape index (κ3) is 5.76. The normalized spacial score (nSPS) is 11.1. The molecule has 4 rings (SSSR count). The minimum Gasteiger partial charge on any atom is -0.495 e. The number of halogens is 4. The number of ether oxygens (including phenoxy) is 2. The van der Waals surface area contributed by atoms with Gasteiger partial charge in [-0.2, -0.15) is 23.5 Å². The lowest BCUT2D eigenvalue weighted by Gasteiger charge is -2.14. The van der Waals surface area contributed by atoms with Gasteiger partial charge in [-0.1, -0.05) is 11.6 Å². The molecular formula is C23H14ClF3N6O4. The molecule has 2 N–H and O–H groups in total. The van der Waals surface area contributed by atoms with E-state index >= 15 is 0 Å². The van der Waals surface area contributed by atoms with E-state index in [4.69, 9.17) is 26.3 Å². The topological polar surface area (TPSA) is 147 Å². The van der Waals surface area contributed by atoms with Crippen LogP contribution in [0.1, 0.15) is 22.8 Å². The van der Waals surface area contributed by atoms with E-state index in [1.807, 2.05) is 0 Å². The van der Waals surface area contributed by atoms with Crippen molar-refractivity contribution in [1.29, 1.82) is 5.26 Å². The molecule has 0 amide bonds. The molecule has 0 aliphatic carbocycles. The third-order valence-electron chi connectivity index (χ3n) is 4.88. The average Bonchev–Trinajstić information content (AvgIpc) is 2.85. The van der Waals surface area contributed by atoms with Crippen molar-refractivity contribution in [1.82, 2.24) is 25.1 Å². The zero-order valence-corrected chi connectivity index (χ0v) is 19.4. The number of alkyl halides is 3. The quantitative estimate of drug-likeness (QED) is 0.382. The summed E-state index contributed by atoms with van der Waals surface area (Å²) in [6.07, 6.45) is -2.60. The highest BCUT2D eigenvalue weighted by Gasteiger charge is 2.39. The molecule has 0 bridgehead atoms. The van der Waals surface area contributed by atoms with Crippen molar-refractivity contribution in [3.63, 3.8) is 0 Å². The Labute approximate surface area is 210 Å². The minimum atomic E-state index is -5.06. The predicted molar refractivity (Wildman–Crippen MR) is 124 cm³/mol. The summed E-state index contributed by atoms with van der Waals surface area (Å²) in [5.74, 6) is -1.38. The van der Waals surface area contributed by atoms with Crippen LogP contribution in [0.15, 0.2) is 52.3 Å². The first-order chi connectivity index (χ1) is 17.6. The lowest BCUT2D eigenvalue weighted by atomic mass is 10.1. The molecule has 4 aromatic rings. The summed E-state index contributed by atoms with van der Waals surface area (Å²) in [6.45, 7) is 0. The molecule has 37 heavy (non-hydrogen) atoms. The first kappa shape index (κ1) is 25.4. The highest BCUT2D eigenvalue weighted by Crippen LogP contribution is 2.35. The van der Waals surface area contributed by atoms with Gasteiger partial charge in [-0.25, -0.2) is 10.1 Å². The fraction of sp³-hybridized carbons (Fsp3) is 0.130. The van der Waals surface area contributed by atoms with Gasteiger partial charge in [-0.05, 0) is 30.3 Å². The highest BCUT2D eigenvalue weighted by molar-refractivity contribution is 6.30. The van der Waals surface area contributed by atoms with Crippen LogP contribution in [0.3, 0.4) is 0 Å². The van der Waals surface area contributed by atoms with Crippen molar-refractivity contribution in [2.75, 3.05) is 7.11 Å². The van der Waals surface area contributed by atoms with Gasteiger partial charge in [0, 0.05) is 23.2 Å². The molecule has 0 spiro atoms. The van der Waals surface area contributed by atoms with Crippen LogP contribution in [-0.2, 0) is 12.6 Å². The number of nitrogens with one attached hydrogen (secondary N) is 2. The number of benzene rings is 1. The maximum atomic E-state index is 13.8. The van der Waals surface area contributed by atoms with Gasteiger partial charge < -0.3 is 14.5 Å². The zero-order chi connectivity index (χ0) is 26.7. The summed E-state index contributed by atoms with van der Waals surface area (Å²) in [4.78, 5) is 34.7. The van der Waals surface area contributed by atoms with Crippen LogP contribution in [0.2, 0.25) is 5.02 Å². The van der Waals surface area contributed by atoms with Crippen molar-refractivity contribution >= 4 is 11.6 Å². The smallest absolute Gasteiger partial charge is 0.437 e. The van der Waals surface area contributed by atoms with Crippen LogP contribution in [-0.4, -0.2) is 32.3 Å². The zero-order valence-electron chi connectivity index (χ0n) is 18.7. The summed E-state index contributed by atoms with van der Waals surface area (Å²) in [6, 6.07) is 8.21. The SMILES string of the molecule is COc1cncc(-c2cc(Cc3nc(C(F)(F)F)c(Oc4cc(Cl)cc(C#N)c4)c(=O)[nH]3)n[nH]c2=O)c1. The molecule has 3 heterocycles. The third-order valence-corrected chi connectivity index (χ3v) is 5.10. The molecular weight excluding hydrogens is 517 g/mol. The van der Waals surface area contributed by atoms with E-state index in [9.17, 15) is 22.8 Å². The number of nitrogens with zero attached hydrogens (tertiary/aromatic N) is 4. The van der Waals surface area contributed by atoms with Crippen LogP contribution in [0.5, 0.6) is 17.2 Å². The van der Waals surface area contributed by atoms with Gasteiger partial charge in [0.1, 0.15) is 17.3 Å². The first-order valence-corrected chi connectivity index (χ1v) is 10.6. The molecule has 3 aromatic heterocycles. The fourth-order valence-corrected chi connectivity index (χ4v) is 3.51. The summed E-state index contributed by atoms with van der Waals surface area (Å²) < 4.78 is 51.7. The number of hydrogen-bond donors (Lipinski definition) is 2. The Morgan fingerprint density at radius 2 is 1.86 bits per heavy atom. The van der Waals surface area contributed by atoms with Crippen molar-refractivity contribution in [2.45, 2.75) is 12.6 Å². The maximum Gasteiger partial charge on any atom is 0.437 e. The number of rotatable bonds is 6. The monoisotopic (exact) mass is 530 g/mol. The van der Waals surface area contributed by atoms with E-state index in [0.717, 1.165) is 12.1 Å². The molecule has 0 aliphatic rings. The Bertz CT molecular complexity index is 1650. The van der Waals surface area contributed by atoms with Crippen molar-refractivity contribution in [2.24, 2.45) is 0 Å². The van der Waals surface area contributed by atoms with Gasteiger partial charge in [0.2, 0.25) is 5.75 Å². The molecule has 10 nitrogen and oxygen atoms in total. The summed E-state index contributed by atoms with van der Waals surface area (Å²) in [5.41, 5.74) is -2.76. The lowest BCUT2D eigenvalue weighted by Crippen LogP contribution is -2.22. The van der Waals surface area contributed by atoms with Crippen LogP contribution >= 0.6 is 11.6 Å². The number of pyridine rings is 1. The Morgan fingerprint density at radius 1 is 1.08 bits per heavy atom. The van der Waals surface area contributed by atoms with Gasteiger partial charge >= 0.3 is 6.18 Å². The first-order valence-electron chi connectivity index (χ1n) is 10.2. The van der Waals surface area contributed by atoms with E-state index in [1.54, 1.807) is 12.1 Å². The minimum absolute atomic E-state index is 0.0169. The van der Waals surface area contributed by atoms with Crippen molar-refractivity contribution in [3.05, 3.63) is 91.2 Å². The van der Waals surface area contributed by atoms with Gasteiger partial charge in [0.05, 0.1) is 36.2 Å². The molecule has 0 saturated heterocycles. The number of aromatic amines is 2. The van der Waals surface area contributed by atoms with E-state index in [1.165, 1.54) is 31.6 Å². The Morgan fingerprint density at radius 3 is 2.57 bits per heavy atom. The second-order valence-electron chi connectivity index (χ2n) is 7.47. The van der Waals surface area contributed by atoms with Gasteiger partial charge in [0.15, 0.2) is 5.69 Å². The van der Waals surface area contributed by atoms with E-state index < -0.39 is 28.7 Å².